The Bertz CT molecular complexity index is 184. The summed E-state index contributed by atoms with van der Waals surface area (Å²) in [7, 11) is 0. The van der Waals surface area contributed by atoms with Crippen molar-refractivity contribution in [3.05, 3.63) is 6.04 Å². The first kappa shape index (κ1) is 6.16. The Kier molecular flexibility index (Phi) is 0.944. The first-order chi connectivity index (χ1) is 4.64. The fourth-order valence-corrected chi connectivity index (χ4v) is 2.08. The van der Waals surface area contributed by atoms with Crippen molar-refractivity contribution in [3.63, 3.8) is 0 Å². The second kappa shape index (κ2) is 1.53. The van der Waals surface area contributed by atoms with Crippen molar-refractivity contribution in [2.75, 3.05) is 0 Å². The molecular formula is C7H10NO2. The summed E-state index contributed by atoms with van der Waals surface area (Å²) in [6.45, 7) is 0. The highest BCUT2D eigenvalue weighted by atomic mass is 16.4. The maximum absolute atomic E-state index is 10.6. The molecule has 0 aromatic heterocycles. The molecule has 3 nitrogen and oxygen atoms in total. The molecule has 0 unspecified atom stereocenters. The van der Waals surface area contributed by atoms with Gasteiger partial charge in [0.15, 0.2) is 0 Å². The minimum Gasteiger partial charge on any atom is -0.481 e. The maximum Gasteiger partial charge on any atom is 0.309 e. The number of nitrogens with two attached hydrogens (primary N) is 1. The van der Waals surface area contributed by atoms with Gasteiger partial charge in [0.05, 0.1) is 5.41 Å². The van der Waals surface area contributed by atoms with Crippen molar-refractivity contribution in [1.29, 1.82) is 0 Å². The second-order valence-electron chi connectivity index (χ2n) is 3.44. The summed E-state index contributed by atoms with van der Waals surface area (Å²) >= 11 is 0. The number of rotatable bonds is 1. The number of carboxylic acids is 1. The fourth-order valence-electron chi connectivity index (χ4n) is 2.08. The number of carbonyl (C=O) groups is 1. The summed E-state index contributed by atoms with van der Waals surface area (Å²) in [6, 6.07) is 0.905. The Morgan fingerprint density at radius 3 is 2.50 bits per heavy atom. The molecule has 0 aromatic carbocycles. The van der Waals surface area contributed by atoms with Gasteiger partial charge in [0.2, 0.25) is 0 Å². The first-order valence-corrected chi connectivity index (χ1v) is 3.49. The average Bonchev–Trinajstić information content (AvgIpc) is 2.16. The van der Waals surface area contributed by atoms with Crippen molar-refractivity contribution in [2.45, 2.75) is 19.3 Å². The van der Waals surface area contributed by atoms with Gasteiger partial charge in [0.25, 0.3) is 0 Å². The van der Waals surface area contributed by atoms with Crippen molar-refractivity contribution in [3.8, 4) is 0 Å². The minimum absolute atomic E-state index is 0.427. The lowest BCUT2D eigenvalue weighted by molar-refractivity contribution is -0.153. The van der Waals surface area contributed by atoms with Crippen molar-refractivity contribution < 1.29 is 9.90 Å². The van der Waals surface area contributed by atoms with E-state index in [1.807, 2.05) is 0 Å². The van der Waals surface area contributed by atoms with E-state index in [-0.39, 0.29) is 0 Å². The van der Waals surface area contributed by atoms with Crippen LogP contribution in [-0.2, 0) is 4.79 Å². The smallest absolute Gasteiger partial charge is 0.309 e. The van der Waals surface area contributed by atoms with Gasteiger partial charge < -0.3 is 10.8 Å². The molecule has 10 heavy (non-hydrogen) atoms. The molecule has 0 amide bonds. The van der Waals surface area contributed by atoms with Crippen LogP contribution in [0.4, 0.5) is 0 Å². The molecule has 55 valence electrons. The SMILES string of the molecule is N[C]1CC2(C(=O)O)CC1C2. The molecule has 1 radical (unpaired) electrons. The molecule has 0 saturated heterocycles. The molecule has 3 heteroatoms. The van der Waals surface area contributed by atoms with Gasteiger partial charge >= 0.3 is 5.97 Å². The number of fused-ring (bicyclic) bond motifs is 1. The second-order valence-corrected chi connectivity index (χ2v) is 3.44. The third-order valence-corrected chi connectivity index (χ3v) is 2.79. The van der Waals surface area contributed by atoms with Gasteiger partial charge in [-0.2, -0.15) is 0 Å². The Morgan fingerprint density at radius 2 is 2.30 bits per heavy atom. The van der Waals surface area contributed by atoms with Crippen LogP contribution in [0.1, 0.15) is 19.3 Å². The Balaban J connectivity index is 2.18. The van der Waals surface area contributed by atoms with Crippen LogP contribution < -0.4 is 5.73 Å². The topological polar surface area (TPSA) is 63.3 Å². The number of carboxylic acid groups (broad SMARTS) is 1. The molecule has 3 fully saturated rings. The predicted molar refractivity (Wildman–Crippen MR) is 34.8 cm³/mol. The molecule has 0 aliphatic heterocycles. The van der Waals surface area contributed by atoms with Crippen LogP contribution in [0.25, 0.3) is 0 Å². The third kappa shape index (κ3) is 0.515. The van der Waals surface area contributed by atoms with E-state index >= 15 is 0 Å². The van der Waals surface area contributed by atoms with Crippen LogP contribution in [0.5, 0.6) is 0 Å². The average molecular weight is 140 g/mol. The molecule has 3 rings (SSSR count). The molecule has 3 saturated carbocycles. The van der Waals surface area contributed by atoms with Crippen molar-refractivity contribution in [2.24, 2.45) is 17.1 Å². The zero-order chi connectivity index (χ0) is 7.35. The van der Waals surface area contributed by atoms with Crippen LogP contribution in [0.3, 0.4) is 0 Å². The zero-order valence-corrected chi connectivity index (χ0v) is 5.63. The van der Waals surface area contributed by atoms with E-state index in [4.69, 9.17) is 10.8 Å². The maximum atomic E-state index is 10.6. The van der Waals surface area contributed by atoms with Crippen molar-refractivity contribution in [1.82, 2.24) is 0 Å². The third-order valence-electron chi connectivity index (χ3n) is 2.79. The highest BCUT2D eigenvalue weighted by molar-refractivity contribution is 5.77. The summed E-state index contributed by atoms with van der Waals surface area (Å²) in [6.07, 6.45) is 2.19. The molecule has 3 N–H and O–H groups in total. The number of hydrogen-bond donors (Lipinski definition) is 2. The van der Waals surface area contributed by atoms with Gasteiger partial charge in [-0.05, 0) is 25.2 Å². The normalized spacial score (nSPS) is 45.1. The Hall–Kier alpha value is -0.570. The van der Waals surface area contributed by atoms with Crippen LogP contribution in [0.15, 0.2) is 0 Å². The molecule has 3 aliphatic rings. The summed E-state index contributed by atoms with van der Waals surface area (Å²) in [5, 5.41) is 8.76. The number of hydrogen-bond acceptors (Lipinski definition) is 2. The van der Waals surface area contributed by atoms with Crippen molar-refractivity contribution >= 4 is 5.97 Å². The summed E-state index contributed by atoms with van der Waals surface area (Å²) in [5.41, 5.74) is 5.16. The number of aliphatic carboxylic acids is 1. The van der Waals surface area contributed by atoms with Gasteiger partial charge in [-0.25, -0.2) is 0 Å². The zero-order valence-electron chi connectivity index (χ0n) is 5.63. The largest absolute Gasteiger partial charge is 0.481 e. The summed E-state index contributed by atoms with van der Waals surface area (Å²) in [4.78, 5) is 10.6. The monoisotopic (exact) mass is 140 g/mol. The van der Waals surface area contributed by atoms with Gasteiger partial charge in [-0.3, -0.25) is 4.79 Å². The fraction of sp³-hybridized carbons (Fsp3) is 0.714. The van der Waals surface area contributed by atoms with E-state index in [1.54, 1.807) is 0 Å². The minimum atomic E-state index is -0.663. The van der Waals surface area contributed by atoms with Crippen LogP contribution in [-0.4, -0.2) is 11.1 Å². The molecule has 0 spiro atoms. The van der Waals surface area contributed by atoms with Gasteiger partial charge in [-0.15, -0.1) is 0 Å². The van der Waals surface area contributed by atoms with Gasteiger partial charge in [0.1, 0.15) is 0 Å². The molecule has 2 bridgehead atoms. The lowest BCUT2D eigenvalue weighted by atomic mass is 9.70. The van der Waals surface area contributed by atoms with Crippen LogP contribution in [0, 0.1) is 17.4 Å². The summed E-state index contributed by atoms with van der Waals surface area (Å²) < 4.78 is 0. The van der Waals surface area contributed by atoms with E-state index in [1.165, 1.54) is 0 Å². The van der Waals surface area contributed by atoms with E-state index in [2.05, 4.69) is 0 Å². The molecule has 0 atom stereocenters. The van der Waals surface area contributed by atoms with Crippen LogP contribution in [0.2, 0.25) is 0 Å². The van der Waals surface area contributed by atoms with E-state index < -0.39 is 11.4 Å². The quantitative estimate of drug-likeness (QED) is 0.552. The van der Waals surface area contributed by atoms with Gasteiger partial charge in [-0.1, -0.05) is 0 Å². The van der Waals surface area contributed by atoms with E-state index in [9.17, 15) is 4.79 Å². The van der Waals surface area contributed by atoms with Crippen LogP contribution >= 0.6 is 0 Å². The molecule has 0 aromatic rings. The highest BCUT2D eigenvalue weighted by Gasteiger charge is 2.59. The van der Waals surface area contributed by atoms with E-state index in [0.29, 0.717) is 12.3 Å². The lowest BCUT2D eigenvalue weighted by Crippen LogP contribution is -2.36. The molecule has 3 aliphatic carbocycles. The first-order valence-electron chi connectivity index (χ1n) is 3.49. The summed E-state index contributed by atoms with van der Waals surface area (Å²) in [5.74, 6) is -0.236. The Labute approximate surface area is 59.2 Å². The molecule has 0 heterocycles. The predicted octanol–water partition coefficient (Wildman–Crippen LogP) is 0.362. The lowest BCUT2D eigenvalue weighted by Gasteiger charge is -2.33. The molecular weight excluding hydrogens is 130 g/mol. The standard InChI is InChI=1S/C7H10NO2/c8-5-3-7(6(9)10)1-4(5)2-7/h4H,1-3,8H2,(H,9,10). The van der Waals surface area contributed by atoms with Gasteiger partial charge in [0, 0.05) is 6.04 Å². The van der Waals surface area contributed by atoms with E-state index in [0.717, 1.165) is 18.9 Å². The Morgan fingerprint density at radius 1 is 1.70 bits per heavy atom. The highest BCUT2D eigenvalue weighted by Crippen LogP contribution is 2.60.